The van der Waals surface area contributed by atoms with Crippen molar-refractivity contribution >= 4 is 11.7 Å². The van der Waals surface area contributed by atoms with E-state index in [2.05, 4.69) is 5.10 Å². The van der Waals surface area contributed by atoms with Crippen molar-refractivity contribution in [3.63, 3.8) is 0 Å². The van der Waals surface area contributed by atoms with Crippen molar-refractivity contribution in [3.05, 3.63) is 22.4 Å². The van der Waals surface area contributed by atoms with Crippen LogP contribution in [-0.4, -0.2) is 39.6 Å². The molecule has 0 N–H and O–H groups in total. The fourth-order valence-corrected chi connectivity index (χ4v) is 0.816. The molecular weight excluding hydrogens is 188 g/mol. The number of amides is 1. The van der Waals surface area contributed by atoms with Gasteiger partial charge < -0.3 is 15.0 Å². The first kappa shape index (κ1) is 10.2. The maximum atomic E-state index is 11.2. The molecule has 0 radical (unpaired) electrons. The van der Waals surface area contributed by atoms with Gasteiger partial charge in [-0.3, -0.25) is 4.79 Å². The number of nitrogens with zero attached hydrogens (tertiary/aromatic N) is 4. The molecule has 0 aliphatic heterocycles. The van der Waals surface area contributed by atoms with Crippen LogP contribution in [0.3, 0.4) is 0 Å². The summed E-state index contributed by atoms with van der Waals surface area (Å²) in [4.78, 5) is 22.3. The summed E-state index contributed by atoms with van der Waals surface area (Å²) in [6, 6.07) is 1.25. The number of likely N-dealkylation sites (N-methyl/N-ethyl adjacent to an activating group) is 1. The van der Waals surface area contributed by atoms with Crippen molar-refractivity contribution in [2.45, 2.75) is 6.54 Å². The van der Waals surface area contributed by atoms with E-state index in [1.165, 1.54) is 21.8 Å². The SMILES string of the molecule is CN(C)C(=O)Cn1ccc([N+](=O)[O-])n1. The Labute approximate surface area is 80.1 Å². The van der Waals surface area contributed by atoms with E-state index < -0.39 is 4.92 Å². The fraction of sp³-hybridized carbons (Fsp3) is 0.429. The van der Waals surface area contributed by atoms with Gasteiger partial charge in [0.15, 0.2) is 0 Å². The second-order valence-corrected chi connectivity index (χ2v) is 2.92. The van der Waals surface area contributed by atoms with Crippen LogP contribution in [0.1, 0.15) is 0 Å². The van der Waals surface area contributed by atoms with Gasteiger partial charge in [0.05, 0.1) is 17.4 Å². The summed E-state index contributed by atoms with van der Waals surface area (Å²) in [5, 5.41) is 13.9. The van der Waals surface area contributed by atoms with Crippen LogP contribution < -0.4 is 0 Å². The van der Waals surface area contributed by atoms with Gasteiger partial charge in [0, 0.05) is 14.1 Å². The second kappa shape index (κ2) is 3.86. The number of hydrogen-bond donors (Lipinski definition) is 0. The number of aromatic nitrogens is 2. The van der Waals surface area contributed by atoms with Gasteiger partial charge in [-0.2, -0.15) is 4.68 Å². The van der Waals surface area contributed by atoms with Crippen molar-refractivity contribution in [1.29, 1.82) is 0 Å². The minimum Gasteiger partial charge on any atom is -0.358 e. The van der Waals surface area contributed by atoms with Gasteiger partial charge in [-0.25, -0.2) is 0 Å². The lowest BCUT2D eigenvalue weighted by atomic mass is 10.5. The second-order valence-electron chi connectivity index (χ2n) is 2.92. The van der Waals surface area contributed by atoms with Crippen molar-refractivity contribution in [3.8, 4) is 0 Å². The molecule has 0 bridgehead atoms. The van der Waals surface area contributed by atoms with Crippen LogP contribution in [0.2, 0.25) is 0 Å². The number of carbonyl (C=O) groups excluding carboxylic acids is 1. The van der Waals surface area contributed by atoms with Gasteiger partial charge in [0.2, 0.25) is 5.91 Å². The van der Waals surface area contributed by atoms with Crippen LogP contribution >= 0.6 is 0 Å². The van der Waals surface area contributed by atoms with E-state index in [0.717, 1.165) is 0 Å². The molecule has 7 heteroatoms. The van der Waals surface area contributed by atoms with E-state index in [0.29, 0.717) is 0 Å². The Balaban J connectivity index is 2.69. The van der Waals surface area contributed by atoms with E-state index in [1.807, 2.05) is 0 Å². The first-order valence-electron chi connectivity index (χ1n) is 3.88. The summed E-state index contributed by atoms with van der Waals surface area (Å²) in [5.74, 6) is -0.417. The van der Waals surface area contributed by atoms with Crippen molar-refractivity contribution < 1.29 is 9.72 Å². The van der Waals surface area contributed by atoms with Crippen LogP contribution in [-0.2, 0) is 11.3 Å². The fourth-order valence-electron chi connectivity index (χ4n) is 0.816. The molecule has 0 aromatic carbocycles. The van der Waals surface area contributed by atoms with Crippen LogP contribution in [0.4, 0.5) is 5.82 Å². The average Bonchev–Trinajstić information content (AvgIpc) is 2.52. The lowest BCUT2D eigenvalue weighted by Crippen LogP contribution is -2.26. The molecule has 76 valence electrons. The highest BCUT2D eigenvalue weighted by Gasteiger charge is 2.13. The molecule has 0 spiro atoms. The molecule has 14 heavy (non-hydrogen) atoms. The minimum absolute atomic E-state index is 0.0147. The average molecular weight is 198 g/mol. The lowest BCUT2D eigenvalue weighted by molar-refractivity contribution is -0.389. The Hall–Kier alpha value is -1.92. The smallest absolute Gasteiger partial charge is 0.358 e. The molecule has 0 saturated carbocycles. The zero-order valence-corrected chi connectivity index (χ0v) is 7.88. The van der Waals surface area contributed by atoms with E-state index in [1.54, 1.807) is 14.1 Å². The van der Waals surface area contributed by atoms with Crippen LogP contribution in [0.5, 0.6) is 0 Å². The van der Waals surface area contributed by atoms with Gasteiger partial charge in [-0.05, 0) is 4.92 Å². The van der Waals surface area contributed by atoms with Gasteiger partial charge in [-0.1, -0.05) is 0 Å². The molecular formula is C7H10N4O3. The van der Waals surface area contributed by atoms with E-state index in [4.69, 9.17) is 0 Å². The Morgan fingerprint density at radius 3 is 2.79 bits per heavy atom. The number of hydrogen-bond acceptors (Lipinski definition) is 4. The van der Waals surface area contributed by atoms with Crippen molar-refractivity contribution in [1.82, 2.24) is 14.7 Å². The normalized spacial score (nSPS) is 9.86. The molecule has 1 aromatic rings. The summed E-state index contributed by atoms with van der Waals surface area (Å²) in [6.45, 7) is 0.0147. The molecule has 0 saturated heterocycles. The first-order valence-corrected chi connectivity index (χ1v) is 3.88. The number of carbonyl (C=O) groups is 1. The largest absolute Gasteiger partial charge is 0.389 e. The van der Waals surface area contributed by atoms with E-state index in [-0.39, 0.29) is 18.3 Å². The van der Waals surface area contributed by atoms with Crippen LogP contribution in [0.25, 0.3) is 0 Å². The molecule has 7 nitrogen and oxygen atoms in total. The zero-order chi connectivity index (χ0) is 10.7. The third-order valence-corrected chi connectivity index (χ3v) is 1.61. The Bertz CT molecular complexity index is 358. The third kappa shape index (κ3) is 2.28. The molecule has 0 atom stereocenters. The van der Waals surface area contributed by atoms with E-state index >= 15 is 0 Å². The Morgan fingerprint density at radius 2 is 2.36 bits per heavy atom. The lowest BCUT2D eigenvalue weighted by Gasteiger charge is -2.07. The topological polar surface area (TPSA) is 81.3 Å². The molecule has 1 aromatic heterocycles. The standard InChI is InChI=1S/C7H10N4O3/c1-9(2)7(12)5-10-4-3-6(8-10)11(13)14/h3-4H,5H2,1-2H3. The summed E-state index contributed by atoms with van der Waals surface area (Å²) in [7, 11) is 3.22. The van der Waals surface area contributed by atoms with Crippen LogP contribution in [0.15, 0.2) is 12.3 Å². The Kier molecular flexibility index (Phi) is 2.80. The summed E-state index contributed by atoms with van der Waals surface area (Å²) >= 11 is 0. The van der Waals surface area contributed by atoms with Gasteiger partial charge >= 0.3 is 5.82 Å². The third-order valence-electron chi connectivity index (χ3n) is 1.61. The highest BCUT2D eigenvalue weighted by atomic mass is 16.6. The van der Waals surface area contributed by atoms with Gasteiger partial charge in [0.25, 0.3) is 0 Å². The molecule has 0 aliphatic carbocycles. The maximum Gasteiger partial charge on any atom is 0.389 e. The Morgan fingerprint density at radius 1 is 1.71 bits per heavy atom. The predicted octanol–water partition coefficient (Wildman–Crippen LogP) is -0.121. The molecule has 1 heterocycles. The monoisotopic (exact) mass is 198 g/mol. The van der Waals surface area contributed by atoms with Crippen molar-refractivity contribution in [2.24, 2.45) is 0 Å². The number of nitro groups is 1. The molecule has 0 fully saturated rings. The molecule has 0 aliphatic rings. The predicted molar refractivity (Wildman–Crippen MR) is 47.6 cm³/mol. The van der Waals surface area contributed by atoms with Crippen molar-refractivity contribution in [2.75, 3.05) is 14.1 Å². The summed E-state index contributed by atoms with van der Waals surface area (Å²) in [6.07, 6.45) is 1.40. The van der Waals surface area contributed by atoms with Gasteiger partial charge in [0.1, 0.15) is 6.54 Å². The highest BCUT2D eigenvalue weighted by molar-refractivity contribution is 5.75. The molecule has 1 rings (SSSR count). The minimum atomic E-state index is -0.601. The molecule has 1 amide bonds. The zero-order valence-electron chi connectivity index (χ0n) is 7.88. The quantitative estimate of drug-likeness (QED) is 0.500. The first-order chi connectivity index (χ1) is 6.50. The maximum absolute atomic E-state index is 11.2. The van der Waals surface area contributed by atoms with E-state index in [9.17, 15) is 14.9 Å². The number of rotatable bonds is 3. The van der Waals surface area contributed by atoms with Gasteiger partial charge in [-0.15, -0.1) is 0 Å². The summed E-state index contributed by atoms with van der Waals surface area (Å²) in [5.41, 5.74) is 0. The van der Waals surface area contributed by atoms with Crippen LogP contribution in [0, 0.1) is 10.1 Å². The molecule has 0 unspecified atom stereocenters. The summed E-state index contributed by atoms with van der Waals surface area (Å²) < 4.78 is 1.24. The highest BCUT2D eigenvalue weighted by Crippen LogP contribution is 2.04.